The summed E-state index contributed by atoms with van der Waals surface area (Å²) in [6.45, 7) is -1.07. The highest BCUT2D eigenvalue weighted by molar-refractivity contribution is 4.63. The molecular weight excluding hydrogens is 130 g/mol. The molecular formula is C5H10F2O2. The van der Waals surface area contributed by atoms with E-state index in [9.17, 15) is 8.78 Å². The maximum Gasteiger partial charge on any atom is 0.252 e. The van der Waals surface area contributed by atoms with Crippen LogP contribution in [0.4, 0.5) is 8.78 Å². The van der Waals surface area contributed by atoms with Gasteiger partial charge >= 0.3 is 0 Å². The molecule has 2 N–H and O–H groups in total. The Kier molecular flexibility index (Phi) is 3.65. The summed E-state index contributed by atoms with van der Waals surface area (Å²) in [5, 5.41) is 16.1. The van der Waals surface area contributed by atoms with E-state index in [1.54, 1.807) is 0 Å². The third-order valence-corrected chi connectivity index (χ3v) is 0.955. The van der Waals surface area contributed by atoms with Crippen molar-refractivity contribution in [3.05, 3.63) is 0 Å². The van der Waals surface area contributed by atoms with Gasteiger partial charge in [-0.1, -0.05) is 0 Å². The fourth-order valence-electron chi connectivity index (χ4n) is 0.452. The molecule has 0 aliphatic heterocycles. The average Bonchev–Trinajstić information content (AvgIpc) is 1.64. The van der Waals surface area contributed by atoms with E-state index in [1.807, 2.05) is 0 Å². The lowest BCUT2D eigenvalue weighted by Crippen LogP contribution is -2.19. The summed E-state index contributed by atoms with van der Waals surface area (Å²) >= 11 is 0. The summed E-state index contributed by atoms with van der Waals surface area (Å²) in [5.74, 6) is -2.90. The van der Waals surface area contributed by atoms with E-state index in [4.69, 9.17) is 10.2 Å². The predicted molar refractivity (Wildman–Crippen MR) is 28.4 cm³/mol. The van der Waals surface area contributed by atoms with Crippen molar-refractivity contribution in [1.82, 2.24) is 0 Å². The van der Waals surface area contributed by atoms with E-state index < -0.39 is 32.0 Å². The molecule has 0 bridgehead atoms. The van der Waals surface area contributed by atoms with Crippen LogP contribution in [0.5, 0.6) is 0 Å². The van der Waals surface area contributed by atoms with Gasteiger partial charge in [-0.05, 0) is 0 Å². The van der Waals surface area contributed by atoms with E-state index in [1.165, 1.54) is 0 Å². The number of halogens is 2. The van der Waals surface area contributed by atoms with Crippen molar-refractivity contribution in [2.75, 3.05) is 13.2 Å². The van der Waals surface area contributed by atoms with Crippen molar-refractivity contribution in [2.24, 2.45) is 0 Å². The van der Waals surface area contributed by atoms with Crippen molar-refractivity contribution >= 4 is 0 Å². The highest BCUT2D eigenvalue weighted by Crippen LogP contribution is 2.21. The lowest BCUT2D eigenvalue weighted by atomic mass is 10.2. The molecule has 0 atom stereocenters. The maximum atomic E-state index is 12.1. The van der Waals surface area contributed by atoms with Crippen molar-refractivity contribution in [3.8, 4) is 0 Å². The lowest BCUT2D eigenvalue weighted by molar-refractivity contribution is -0.0400. The SMILES string of the molecule is OCCC(F)(F)CCO. The molecule has 0 radical (unpaired) electrons. The third kappa shape index (κ3) is 4.29. The molecule has 0 fully saturated rings. The third-order valence-electron chi connectivity index (χ3n) is 0.955. The van der Waals surface area contributed by atoms with Crippen LogP contribution in [0, 0.1) is 0 Å². The second-order valence-electron chi connectivity index (χ2n) is 1.80. The van der Waals surface area contributed by atoms with E-state index in [0.717, 1.165) is 0 Å². The first-order chi connectivity index (χ1) is 4.12. The zero-order valence-electron chi connectivity index (χ0n) is 4.98. The largest absolute Gasteiger partial charge is 0.396 e. The van der Waals surface area contributed by atoms with E-state index in [0.29, 0.717) is 0 Å². The van der Waals surface area contributed by atoms with Crippen LogP contribution in [0.1, 0.15) is 12.8 Å². The second-order valence-corrected chi connectivity index (χ2v) is 1.80. The Hall–Kier alpha value is -0.220. The van der Waals surface area contributed by atoms with Crippen LogP contribution < -0.4 is 0 Å². The van der Waals surface area contributed by atoms with Crippen molar-refractivity contribution < 1.29 is 19.0 Å². The van der Waals surface area contributed by atoms with E-state index in [-0.39, 0.29) is 0 Å². The number of hydrogen-bond donors (Lipinski definition) is 2. The Balaban J connectivity index is 3.43. The Morgan fingerprint density at radius 1 is 1.00 bits per heavy atom. The van der Waals surface area contributed by atoms with Gasteiger partial charge in [0.15, 0.2) is 0 Å². The summed E-state index contributed by atoms with van der Waals surface area (Å²) in [6.07, 6.45) is -1.12. The fourth-order valence-corrected chi connectivity index (χ4v) is 0.452. The maximum absolute atomic E-state index is 12.1. The number of aliphatic hydroxyl groups excluding tert-OH is 2. The predicted octanol–water partition coefficient (Wildman–Crippen LogP) is 0.387. The van der Waals surface area contributed by atoms with E-state index >= 15 is 0 Å². The summed E-state index contributed by atoms with van der Waals surface area (Å²) < 4.78 is 24.2. The number of hydrogen-bond acceptors (Lipinski definition) is 2. The number of rotatable bonds is 4. The summed E-state index contributed by atoms with van der Waals surface area (Å²) in [4.78, 5) is 0. The van der Waals surface area contributed by atoms with Gasteiger partial charge in [-0.25, -0.2) is 8.78 Å². The van der Waals surface area contributed by atoms with Crippen molar-refractivity contribution in [3.63, 3.8) is 0 Å². The lowest BCUT2D eigenvalue weighted by Gasteiger charge is -2.11. The molecule has 4 heteroatoms. The van der Waals surface area contributed by atoms with Gasteiger partial charge in [0.1, 0.15) is 0 Å². The molecule has 2 nitrogen and oxygen atoms in total. The number of alkyl halides is 2. The van der Waals surface area contributed by atoms with Gasteiger partial charge in [0.2, 0.25) is 0 Å². The number of aliphatic hydroxyl groups is 2. The minimum atomic E-state index is -2.90. The molecule has 0 rings (SSSR count). The highest BCUT2D eigenvalue weighted by atomic mass is 19.3. The Morgan fingerprint density at radius 3 is 1.56 bits per heavy atom. The molecule has 56 valence electrons. The molecule has 0 aliphatic rings. The van der Waals surface area contributed by atoms with Gasteiger partial charge in [-0.3, -0.25) is 0 Å². The first-order valence-electron chi connectivity index (χ1n) is 2.72. The van der Waals surface area contributed by atoms with Crippen molar-refractivity contribution in [1.29, 1.82) is 0 Å². The van der Waals surface area contributed by atoms with Gasteiger partial charge in [0, 0.05) is 26.1 Å². The first-order valence-corrected chi connectivity index (χ1v) is 2.72. The van der Waals surface area contributed by atoms with Crippen LogP contribution in [-0.2, 0) is 0 Å². The smallest absolute Gasteiger partial charge is 0.252 e. The summed E-state index contributed by atoms with van der Waals surface area (Å²) in [5.41, 5.74) is 0. The molecule has 0 aliphatic carbocycles. The molecule has 0 aromatic rings. The normalized spacial score (nSPS) is 12.0. The quantitative estimate of drug-likeness (QED) is 0.592. The Labute approximate surface area is 52.1 Å². The standard InChI is InChI=1S/C5H10F2O2/c6-5(7,1-3-8)2-4-9/h8-9H,1-4H2. The molecule has 0 saturated carbocycles. The van der Waals surface area contributed by atoms with Gasteiger partial charge in [-0.2, -0.15) is 0 Å². The highest BCUT2D eigenvalue weighted by Gasteiger charge is 2.26. The molecule has 0 saturated heterocycles. The average molecular weight is 140 g/mol. The Bertz CT molecular complexity index is 67.4. The topological polar surface area (TPSA) is 40.5 Å². The van der Waals surface area contributed by atoms with Gasteiger partial charge < -0.3 is 10.2 Å². The van der Waals surface area contributed by atoms with Crippen LogP contribution in [0.2, 0.25) is 0 Å². The van der Waals surface area contributed by atoms with Crippen LogP contribution in [-0.4, -0.2) is 29.3 Å². The molecule has 0 unspecified atom stereocenters. The van der Waals surface area contributed by atoms with Crippen LogP contribution in [0.15, 0.2) is 0 Å². The fraction of sp³-hybridized carbons (Fsp3) is 1.00. The van der Waals surface area contributed by atoms with Gasteiger partial charge in [0.05, 0.1) is 0 Å². The molecule has 0 amide bonds. The summed E-state index contributed by atoms with van der Waals surface area (Å²) in [6, 6.07) is 0. The minimum absolute atomic E-state index is 0.535. The first kappa shape index (κ1) is 8.78. The van der Waals surface area contributed by atoms with Gasteiger partial charge in [0.25, 0.3) is 5.92 Å². The van der Waals surface area contributed by atoms with Crippen LogP contribution in [0.3, 0.4) is 0 Å². The van der Waals surface area contributed by atoms with Crippen LogP contribution >= 0.6 is 0 Å². The van der Waals surface area contributed by atoms with Gasteiger partial charge in [-0.15, -0.1) is 0 Å². The zero-order chi connectivity index (χ0) is 7.33. The molecule has 0 spiro atoms. The molecule has 0 heterocycles. The molecule has 0 aromatic heterocycles. The Morgan fingerprint density at radius 2 is 1.33 bits per heavy atom. The minimum Gasteiger partial charge on any atom is -0.396 e. The summed E-state index contributed by atoms with van der Waals surface area (Å²) in [7, 11) is 0. The van der Waals surface area contributed by atoms with Crippen LogP contribution in [0.25, 0.3) is 0 Å². The monoisotopic (exact) mass is 140 g/mol. The van der Waals surface area contributed by atoms with E-state index in [2.05, 4.69) is 0 Å². The second kappa shape index (κ2) is 3.74. The zero-order valence-corrected chi connectivity index (χ0v) is 4.98. The van der Waals surface area contributed by atoms with Crippen molar-refractivity contribution in [2.45, 2.75) is 18.8 Å². The molecule has 0 aromatic carbocycles. The molecule has 9 heavy (non-hydrogen) atoms.